The van der Waals surface area contributed by atoms with Gasteiger partial charge in [0.25, 0.3) is 5.56 Å². The van der Waals surface area contributed by atoms with Gasteiger partial charge < -0.3 is 16.0 Å². The maximum absolute atomic E-state index is 11.8. The molecule has 1 fully saturated rings. The van der Waals surface area contributed by atoms with Crippen molar-refractivity contribution in [2.75, 3.05) is 25.5 Å². The molecule has 0 unspecified atom stereocenters. The van der Waals surface area contributed by atoms with Crippen molar-refractivity contribution in [3.8, 4) is 0 Å². The predicted octanol–water partition coefficient (Wildman–Crippen LogP) is -0.847. The van der Waals surface area contributed by atoms with Crippen LogP contribution in [0.4, 0.5) is 5.69 Å². The Balaban J connectivity index is 1.90. The molecule has 0 aromatic carbocycles. The van der Waals surface area contributed by atoms with Crippen LogP contribution in [0.2, 0.25) is 0 Å². The molecule has 0 saturated heterocycles. The Labute approximate surface area is 111 Å². The minimum absolute atomic E-state index is 0.0217. The fraction of sp³-hybridized carbons (Fsp3) is 0.583. The molecule has 1 aliphatic rings. The third kappa shape index (κ3) is 4.36. The Hall–Kier alpha value is -1.89. The summed E-state index contributed by atoms with van der Waals surface area (Å²) in [4.78, 5) is 23.4. The minimum Gasteiger partial charge on any atom is -0.382 e. The van der Waals surface area contributed by atoms with Crippen molar-refractivity contribution in [1.29, 1.82) is 0 Å². The molecule has 1 saturated carbocycles. The molecule has 7 heteroatoms. The molecule has 0 atom stereocenters. The SMILES string of the molecule is CNCCNc1cnn(CC(=O)NC2CC2)c(=O)c1. The second kappa shape index (κ2) is 6.33. The molecule has 0 bridgehead atoms. The lowest BCUT2D eigenvalue weighted by atomic mass is 10.4. The summed E-state index contributed by atoms with van der Waals surface area (Å²) in [7, 11) is 1.86. The van der Waals surface area contributed by atoms with E-state index in [1.54, 1.807) is 6.20 Å². The van der Waals surface area contributed by atoms with E-state index in [-0.39, 0.29) is 18.0 Å². The maximum Gasteiger partial charge on any atom is 0.269 e. The van der Waals surface area contributed by atoms with Gasteiger partial charge in [0.05, 0.1) is 11.9 Å². The van der Waals surface area contributed by atoms with Crippen molar-refractivity contribution in [2.24, 2.45) is 0 Å². The summed E-state index contributed by atoms with van der Waals surface area (Å²) in [5, 5.41) is 12.9. The van der Waals surface area contributed by atoms with Crippen LogP contribution in [0, 0.1) is 0 Å². The predicted molar refractivity (Wildman–Crippen MR) is 72.1 cm³/mol. The number of amides is 1. The number of anilines is 1. The highest BCUT2D eigenvalue weighted by molar-refractivity contribution is 5.76. The number of nitrogens with one attached hydrogen (secondary N) is 3. The van der Waals surface area contributed by atoms with Crippen LogP contribution in [0.15, 0.2) is 17.1 Å². The fourth-order valence-corrected chi connectivity index (χ4v) is 1.62. The Bertz CT molecular complexity index is 495. The van der Waals surface area contributed by atoms with Crippen molar-refractivity contribution in [2.45, 2.75) is 25.4 Å². The smallest absolute Gasteiger partial charge is 0.269 e. The highest BCUT2D eigenvalue weighted by Crippen LogP contribution is 2.18. The van der Waals surface area contributed by atoms with E-state index in [1.165, 1.54) is 10.7 Å². The maximum atomic E-state index is 11.8. The fourth-order valence-electron chi connectivity index (χ4n) is 1.62. The molecule has 104 valence electrons. The van der Waals surface area contributed by atoms with E-state index in [0.717, 1.165) is 19.4 Å². The van der Waals surface area contributed by atoms with Gasteiger partial charge in [-0.15, -0.1) is 0 Å². The first-order chi connectivity index (χ1) is 9.19. The van der Waals surface area contributed by atoms with E-state index in [4.69, 9.17) is 0 Å². The third-order valence-corrected chi connectivity index (χ3v) is 2.81. The molecule has 19 heavy (non-hydrogen) atoms. The molecule has 0 radical (unpaired) electrons. The van der Waals surface area contributed by atoms with Crippen LogP contribution in [0.3, 0.4) is 0 Å². The quantitative estimate of drug-likeness (QED) is 0.559. The minimum atomic E-state index is -0.277. The largest absolute Gasteiger partial charge is 0.382 e. The van der Waals surface area contributed by atoms with E-state index in [0.29, 0.717) is 18.3 Å². The van der Waals surface area contributed by atoms with Gasteiger partial charge in [-0.1, -0.05) is 0 Å². The van der Waals surface area contributed by atoms with Crippen molar-refractivity contribution >= 4 is 11.6 Å². The number of carbonyl (C=O) groups is 1. The lowest BCUT2D eigenvalue weighted by Crippen LogP contribution is -2.34. The summed E-state index contributed by atoms with van der Waals surface area (Å²) < 4.78 is 1.17. The standard InChI is InChI=1S/C12H19N5O2/c1-13-4-5-14-10-6-12(19)17(15-7-10)8-11(18)16-9-2-3-9/h6-7,9,13-14H,2-5,8H2,1H3,(H,16,18). The van der Waals surface area contributed by atoms with Crippen molar-refractivity contribution in [1.82, 2.24) is 20.4 Å². The van der Waals surface area contributed by atoms with Crippen molar-refractivity contribution in [3.05, 3.63) is 22.6 Å². The Kier molecular flexibility index (Phi) is 4.51. The average molecular weight is 265 g/mol. The zero-order valence-corrected chi connectivity index (χ0v) is 11.0. The third-order valence-electron chi connectivity index (χ3n) is 2.81. The van der Waals surface area contributed by atoms with E-state index in [1.807, 2.05) is 7.05 Å². The van der Waals surface area contributed by atoms with Gasteiger partial charge >= 0.3 is 0 Å². The van der Waals surface area contributed by atoms with Crippen LogP contribution in [0.1, 0.15) is 12.8 Å². The molecule has 7 nitrogen and oxygen atoms in total. The molecule has 1 aliphatic carbocycles. The van der Waals surface area contributed by atoms with Gasteiger partial charge in [-0.25, -0.2) is 4.68 Å². The Morgan fingerprint density at radius 3 is 2.89 bits per heavy atom. The van der Waals surface area contributed by atoms with Crippen LogP contribution in [0.25, 0.3) is 0 Å². The van der Waals surface area contributed by atoms with Crippen LogP contribution in [-0.2, 0) is 11.3 Å². The number of nitrogens with zero attached hydrogens (tertiary/aromatic N) is 2. The molecule has 0 spiro atoms. The molecule has 2 rings (SSSR count). The molecule has 3 N–H and O–H groups in total. The average Bonchev–Trinajstić information content (AvgIpc) is 3.17. The van der Waals surface area contributed by atoms with Crippen molar-refractivity contribution < 1.29 is 4.79 Å². The summed E-state index contributed by atoms with van der Waals surface area (Å²) in [5.74, 6) is -0.159. The van der Waals surface area contributed by atoms with Crippen LogP contribution < -0.4 is 21.5 Å². The molecular formula is C12H19N5O2. The highest BCUT2D eigenvalue weighted by atomic mass is 16.2. The normalized spacial score (nSPS) is 14.2. The number of aromatic nitrogens is 2. The summed E-state index contributed by atoms with van der Waals surface area (Å²) in [6.07, 6.45) is 3.62. The highest BCUT2D eigenvalue weighted by Gasteiger charge is 2.23. The summed E-state index contributed by atoms with van der Waals surface area (Å²) in [5.41, 5.74) is 0.388. The van der Waals surface area contributed by atoms with Gasteiger partial charge in [0, 0.05) is 25.2 Å². The summed E-state index contributed by atoms with van der Waals surface area (Å²) in [6.45, 7) is 1.49. The molecule has 0 aliphatic heterocycles. The Morgan fingerprint density at radius 2 is 2.26 bits per heavy atom. The summed E-state index contributed by atoms with van der Waals surface area (Å²) >= 11 is 0. The number of hydrogen-bond donors (Lipinski definition) is 3. The monoisotopic (exact) mass is 265 g/mol. The van der Waals surface area contributed by atoms with Gasteiger partial charge in [0.2, 0.25) is 5.91 Å². The first kappa shape index (κ1) is 13.5. The van der Waals surface area contributed by atoms with Gasteiger partial charge in [-0.05, 0) is 19.9 Å². The lowest BCUT2D eigenvalue weighted by molar-refractivity contribution is -0.122. The van der Waals surface area contributed by atoms with E-state index < -0.39 is 0 Å². The number of likely N-dealkylation sites (N-methyl/N-ethyl adjacent to an activating group) is 1. The Morgan fingerprint density at radius 1 is 1.47 bits per heavy atom. The van der Waals surface area contributed by atoms with Crippen LogP contribution in [0.5, 0.6) is 0 Å². The van der Waals surface area contributed by atoms with Crippen LogP contribution in [-0.4, -0.2) is 41.9 Å². The van der Waals surface area contributed by atoms with Gasteiger partial charge in [-0.3, -0.25) is 9.59 Å². The van der Waals surface area contributed by atoms with E-state index >= 15 is 0 Å². The van der Waals surface area contributed by atoms with Gasteiger partial charge in [0.15, 0.2) is 0 Å². The molecule has 1 aromatic rings. The lowest BCUT2D eigenvalue weighted by Gasteiger charge is -2.08. The molecule has 1 amide bonds. The van der Waals surface area contributed by atoms with Gasteiger partial charge in [0.1, 0.15) is 6.54 Å². The number of rotatable bonds is 7. The van der Waals surface area contributed by atoms with Gasteiger partial charge in [-0.2, -0.15) is 5.10 Å². The van der Waals surface area contributed by atoms with E-state index in [2.05, 4.69) is 21.0 Å². The first-order valence-corrected chi connectivity index (χ1v) is 6.44. The number of hydrogen-bond acceptors (Lipinski definition) is 5. The number of carbonyl (C=O) groups excluding carboxylic acids is 1. The van der Waals surface area contributed by atoms with Crippen molar-refractivity contribution in [3.63, 3.8) is 0 Å². The zero-order valence-electron chi connectivity index (χ0n) is 11.0. The molecule has 1 heterocycles. The second-order valence-electron chi connectivity index (χ2n) is 4.61. The van der Waals surface area contributed by atoms with E-state index in [9.17, 15) is 9.59 Å². The molecule has 1 aromatic heterocycles. The second-order valence-corrected chi connectivity index (χ2v) is 4.61. The molecular weight excluding hydrogens is 246 g/mol. The topological polar surface area (TPSA) is 88.1 Å². The van der Waals surface area contributed by atoms with Crippen LogP contribution >= 0.6 is 0 Å². The summed E-state index contributed by atoms with van der Waals surface area (Å²) in [6, 6.07) is 1.75. The first-order valence-electron chi connectivity index (χ1n) is 6.44. The zero-order chi connectivity index (χ0) is 13.7.